The summed E-state index contributed by atoms with van der Waals surface area (Å²) in [5, 5.41) is 10.5. The van der Waals surface area contributed by atoms with Gasteiger partial charge in [-0.3, -0.25) is 9.35 Å². The first-order chi connectivity index (χ1) is 8.12. The molecule has 0 aliphatic heterocycles. The van der Waals surface area contributed by atoms with Gasteiger partial charge in [0.05, 0.1) is 16.3 Å². The summed E-state index contributed by atoms with van der Waals surface area (Å²) in [6.45, 7) is 1.10. The summed E-state index contributed by atoms with van der Waals surface area (Å²) in [6, 6.07) is 1.61. The molecule has 0 saturated carbocycles. The lowest BCUT2D eigenvalue weighted by Crippen LogP contribution is -2.12. The number of carboxylic acid groups (broad SMARTS) is 1. The van der Waals surface area contributed by atoms with Crippen molar-refractivity contribution >= 4 is 39.3 Å². The molecule has 1 amide bonds. The van der Waals surface area contributed by atoms with E-state index in [0.29, 0.717) is 0 Å². The topological polar surface area (TPSA) is 121 Å². The number of hydrogen-bond donors (Lipinski definition) is 3. The van der Waals surface area contributed by atoms with Crippen LogP contribution >= 0.6 is 11.6 Å². The second-order valence-corrected chi connectivity index (χ2v) is 5.09. The maximum Gasteiger partial charge on any atom is 0.337 e. The summed E-state index contributed by atoms with van der Waals surface area (Å²) >= 11 is 5.57. The number of halogens is 1. The highest BCUT2D eigenvalue weighted by Crippen LogP contribution is 2.28. The van der Waals surface area contributed by atoms with E-state index in [1.807, 2.05) is 0 Å². The van der Waals surface area contributed by atoms with Gasteiger partial charge in [0.15, 0.2) is 0 Å². The molecule has 0 spiro atoms. The molecule has 0 saturated heterocycles. The largest absolute Gasteiger partial charge is 0.478 e. The number of hydrogen-bond acceptors (Lipinski definition) is 4. The maximum atomic E-state index is 11.1. The Morgan fingerprint density at radius 2 is 1.89 bits per heavy atom. The molecule has 0 aliphatic rings. The Labute approximate surface area is 107 Å². The van der Waals surface area contributed by atoms with Crippen LogP contribution in [0.1, 0.15) is 17.3 Å². The number of benzene rings is 1. The predicted molar refractivity (Wildman–Crippen MR) is 62.5 cm³/mol. The van der Waals surface area contributed by atoms with E-state index >= 15 is 0 Å². The predicted octanol–water partition coefficient (Wildman–Crippen LogP) is 1.24. The molecule has 18 heavy (non-hydrogen) atoms. The van der Waals surface area contributed by atoms with Gasteiger partial charge in [0.25, 0.3) is 10.1 Å². The number of rotatable bonds is 3. The van der Waals surface area contributed by atoms with Gasteiger partial charge < -0.3 is 10.4 Å². The molecule has 0 radical (unpaired) electrons. The quantitative estimate of drug-likeness (QED) is 0.721. The van der Waals surface area contributed by atoms with Gasteiger partial charge in [-0.05, 0) is 12.1 Å². The molecule has 0 heterocycles. The molecule has 0 bridgehead atoms. The van der Waals surface area contributed by atoms with Crippen LogP contribution in [0, 0.1) is 0 Å². The summed E-state index contributed by atoms with van der Waals surface area (Å²) < 4.78 is 31.1. The van der Waals surface area contributed by atoms with Gasteiger partial charge in [-0.15, -0.1) is 0 Å². The number of aromatic carboxylic acids is 1. The van der Waals surface area contributed by atoms with Crippen LogP contribution in [0.4, 0.5) is 5.69 Å². The smallest absolute Gasteiger partial charge is 0.337 e. The SMILES string of the molecule is CC(=O)Nc1cc(C(=O)O)c(Cl)cc1S(=O)(=O)O. The number of carboxylic acids is 1. The van der Waals surface area contributed by atoms with E-state index in [4.69, 9.17) is 21.3 Å². The first-order valence-corrected chi connectivity index (χ1v) is 6.26. The standard InChI is InChI=1S/C9H8ClNO6S/c1-4(12)11-7-2-5(9(13)14)6(10)3-8(7)18(15,16)17/h2-3H,1H3,(H,11,12)(H,13,14)(H,15,16,17). The Bertz CT molecular complexity index is 624. The van der Waals surface area contributed by atoms with Crippen LogP contribution in [-0.4, -0.2) is 30.0 Å². The Balaban J connectivity index is 3.57. The van der Waals surface area contributed by atoms with Crippen molar-refractivity contribution in [3.8, 4) is 0 Å². The fourth-order valence-electron chi connectivity index (χ4n) is 1.22. The van der Waals surface area contributed by atoms with Crippen molar-refractivity contribution in [3.05, 3.63) is 22.7 Å². The highest BCUT2D eigenvalue weighted by atomic mass is 35.5. The van der Waals surface area contributed by atoms with Crippen LogP contribution in [0.2, 0.25) is 5.02 Å². The average Bonchev–Trinajstić information content (AvgIpc) is 2.17. The number of amides is 1. The molecule has 3 N–H and O–H groups in total. The fourth-order valence-corrected chi connectivity index (χ4v) is 2.18. The van der Waals surface area contributed by atoms with Gasteiger partial charge in [0, 0.05) is 6.92 Å². The second kappa shape index (κ2) is 4.92. The van der Waals surface area contributed by atoms with Crippen LogP contribution < -0.4 is 5.32 Å². The Morgan fingerprint density at radius 1 is 1.33 bits per heavy atom. The summed E-state index contributed by atoms with van der Waals surface area (Å²) in [7, 11) is -4.64. The molecule has 0 fully saturated rings. The zero-order chi connectivity index (χ0) is 14.1. The molecule has 1 aromatic carbocycles. The van der Waals surface area contributed by atoms with Crippen LogP contribution in [0.3, 0.4) is 0 Å². The Kier molecular flexibility index (Phi) is 3.95. The third-order valence-corrected chi connectivity index (χ3v) is 3.09. The molecule has 0 aromatic heterocycles. The monoisotopic (exact) mass is 293 g/mol. The minimum atomic E-state index is -4.64. The molecule has 98 valence electrons. The van der Waals surface area contributed by atoms with Crippen molar-refractivity contribution in [3.63, 3.8) is 0 Å². The minimum Gasteiger partial charge on any atom is -0.478 e. The van der Waals surface area contributed by atoms with Crippen molar-refractivity contribution in [2.45, 2.75) is 11.8 Å². The lowest BCUT2D eigenvalue weighted by atomic mass is 10.2. The molecule has 1 aromatic rings. The van der Waals surface area contributed by atoms with E-state index in [1.54, 1.807) is 0 Å². The molecule has 0 unspecified atom stereocenters. The number of anilines is 1. The van der Waals surface area contributed by atoms with Gasteiger partial charge in [0.2, 0.25) is 5.91 Å². The number of carbonyl (C=O) groups excluding carboxylic acids is 1. The van der Waals surface area contributed by atoms with E-state index in [1.165, 1.54) is 0 Å². The lowest BCUT2D eigenvalue weighted by molar-refractivity contribution is -0.114. The van der Waals surface area contributed by atoms with Crippen molar-refractivity contribution in [2.75, 3.05) is 5.32 Å². The van der Waals surface area contributed by atoms with Gasteiger partial charge >= 0.3 is 5.97 Å². The first-order valence-electron chi connectivity index (χ1n) is 4.45. The van der Waals surface area contributed by atoms with Gasteiger partial charge in [-0.2, -0.15) is 8.42 Å². The molecule has 1 rings (SSSR count). The summed E-state index contributed by atoms with van der Waals surface area (Å²) in [5.41, 5.74) is -0.750. The molecule has 0 atom stereocenters. The van der Waals surface area contributed by atoms with Crippen LogP contribution in [0.25, 0.3) is 0 Å². The number of nitrogens with one attached hydrogen (secondary N) is 1. The molecular formula is C9H8ClNO6S. The van der Waals surface area contributed by atoms with Crippen molar-refractivity contribution < 1.29 is 27.7 Å². The zero-order valence-corrected chi connectivity index (χ0v) is 10.5. The third kappa shape index (κ3) is 3.19. The molecule has 0 aliphatic carbocycles. The average molecular weight is 294 g/mol. The third-order valence-electron chi connectivity index (χ3n) is 1.89. The summed E-state index contributed by atoms with van der Waals surface area (Å²) in [5.74, 6) is -2.02. The van der Waals surface area contributed by atoms with Gasteiger partial charge in [-0.25, -0.2) is 4.79 Å². The zero-order valence-electron chi connectivity index (χ0n) is 8.97. The van der Waals surface area contributed by atoms with Gasteiger partial charge in [0.1, 0.15) is 4.90 Å². The molecule has 9 heteroatoms. The number of carbonyl (C=O) groups is 2. The van der Waals surface area contributed by atoms with Crippen molar-refractivity contribution in [1.29, 1.82) is 0 Å². The minimum absolute atomic E-state index is 0.355. The van der Waals surface area contributed by atoms with E-state index in [2.05, 4.69) is 5.32 Å². The Morgan fingerprint density at radius 3 is 2.28 bits per heavy atom. The van der Waals surface area contributed by atoms with Crippen LogP contribution in [0.5, 0.6) is 0 Å². The normalized spacial score (nSPS) is 11.1. The van der Waals surface area contributed by atoms with Crippen molar-refractivity contribution in [1.82, 2.24) is 0 Å². The van der Waals surface area contributed by atoms with E-state index in [0.717, 1.165) is 19.1 Å². The van der Waals surface area contributed by atoms with E-state index < -0.39 is 32.5 Å². The fraction of sp³-hybridized carbons (Fsp3) is 0.111. The van der Waals surface area contributed by atoms with E-state index in [-0.39, 0.29) is 10.7 Å². The second-order valence-electron chi connectivity index (χ2n) is 3.29. The summed E-state index contributed by atoms with van der Waals surface area (Å²) in [6.07, 6.45) is 0. The van der Waals surface area contributed by atoms with Crippen molar-refractivity contribution in [2.24, 2.45) is 0 Å². The molecule has 7 nitrogen and oxygen atoms in total. The molecular weight excluding hydrogens is 286 g/mol. The summed E-state index contributed by atoms with van der Waals surface area (Å²) in [4.78, 5) is 21.0. The highest BCUT2D eigenvalue weighted by Gasteiger charge is 2.21. The highest BCUT2D eigenvalue weighted by molar-refractivity contribution is 7.86. The first kappa shape index (κ1) is 14.4. The van der Waals surface area contributed by atoms with Crippen LogP contribution in [-0.2, 0) is 14.9 Å². The maximum absolute atomic E-state index is 11.1. The van der Waals surface area contributed by atoms with E-state index in [9.17, 15) is 18.0 Å². The Hall–Kier alpha value is -1.64. The van der Waals surface area contributed by atoms with Crippen LogP contribution in [0.15, 0.2) is 17.0 Å². The lowest BCUT2D eigenvalue weighted by Gasteiger charge is -2.10. The van der Waals surface area contributed by atoms with Gasteiger partial charge in [-0.1, -0.05) is 11.6 Å².